The summed E-state index contributed by atoms with van der Waals surface area (Å²) >= 11 is 0. The molecule has 18 heavy (non-hydrogen) atoms. The van der Waals surface area contributed by atoms with Crippen molar-refractivity contribution in [3.8, 4) is 0 Å². The molecule has 0 saturated carbocycles. The Bertz CT molecular complexity index is 360. The Morgan fingerprint density at radius 2 is 2.17 bits per heavy atom. The molecule has 1 atom stereocenters. The average molecular weight is 254 g/mol. The Hall–Kier alpha value is -0.840. The third-order valence-corrected chi connectivity index (χ3v) is 3.65. The number of furan rings is 1. The molecule has 0 aromatic carbocycles. The van der Waals surface area contributed by atoms with E-state index in [-0.39, 0.29) is 11.6 Å². The maximum atomic E-state index is 6.14. The normalized spacial score (nSPS) is 14.2. The third-order valence-electron chi connectivity index (χ3n) is 3.65. The minimum absolute atomic E-state index is 0.0374. The first-order valence-electron chi connectivity index (χ1n) is 6.39. The Morgan fingerprint density at radius 1 is 1.50 bits per heavy atom. The largest absolute Gasteiger partial charge is 0.469 e. The van der Waals surface area contributed by atoms with Crippen LogP contribution in [0.4, 0.5) is 0 Å². The van der Waals surface area contributed by atoms with Gasteiger partial charge in [-0.15, -0.1) is 0 Å². The number of methoxy groups -OCH3 is 1. The van der Waals surface area contributed by atoms with Crippen LogP contribution in [0.5, 0.6) is 0 Å². The smallest absolute Gasteiger partial charge is 0.105 e. The molecular formula is C14H26N2O2. The van der Waals surface area contributed by atoms with Crippen molar-refractivity contribution in [3.05, 3.63) is 23.7 Å². The molecule has 1 aromatic heterocycles. The number of aryl methyl sites for hydroxylation is 1. The van der Waals surface area contributed by atoms with Crippen molar-refractivity contribution in [1.29, 1.82) is 0 Å². The summed E-state index contributed by atoms with van der Waals surface area (Å²) in [4.78, 5) is 2.25. The zero-order valence-corrected chi connectivity index (χ0v) is 12.2. The molecule has 0 amide bonds. The summed E-state index contributed by atoms with van der Waals surface area (Å²) in [6.45, 7) is 7.87. The first kappa shape index (κ1) is 15.2. The molecule has 104 valence electrons. The monoisotopic (exact) mass is 254 g/mol. The Morgan fingerprint density at radius 3 is 2.67 bits per heavy atom. The van der Waals surface area contributed by atoms with Crippen LogP contribution in [0.25, 0.3) is 0 Å². The second kappa shape index (κ2) is 6.36. The summed E-state index contributed by atoms with van der Waals surface area (Å²) in [7, 11) is 3.80. The van der Waals surface area contributed by atoms with Gasteiger partial charge in [0, 0.05) is 25.3 Å². The number of rotatable bonds is 7. The van der Waals surface area contributed by atoms with Gasteiger partial charge in [-0.25, -0.2) is 0 Å². The van der Waals surface area contributed by atoms with Crippen LogP contribution in [-0.2, 0) is 11.3 Å². The predicted octanol–water partition coefficient (Wildman–Crippen LogP) is 2.16. The van der Waals surface area contributed by atoms with Crippen LogP contribution in [0.3, 0.4) is 0 Å². The van der Waals surface area contributed by atoms with Gasteiger partial charge in [-0.1, -0.05) is 0 Å². The first-order chi connectivity index (χ1) is 8.36. The highest BCUT2D eigenvalue weighted by atomic mass is 16.5. The van der Waals surface area contributed by atoms with Crippen LogP contribution in [0.15, 0.2) is 16.7 Å². The molecule has 4 heteroatoms. The average Bonchev–Trinajstić information content (AvgIpc) is 2.72. The molecule has 0 aliphatic rings. The molecule has 1 rings (SSSR count). The second-order valence-electron chi connectivity index (χ2n) is 5.44. The molecule has 2 N–H and O–H groups in total. The van der Waals surface area contributed by atoms with Gasteiger partial charge in [-0.05, 0) is 46.9 Å². The summed E-state index contributed by atoms with van der Waals surface area (Å²) in [6, 6.07) is 2.06. The molecule has 1 heterocycles. The minimum atomic E-state index is -0.271. The Balaban J connectivity index is 2.38. The lowest BCUT2D eigenvalue weighted by Gasteiger charge is -2.31. The van der Waals surface area contributed by atoms with Crippen LogP contribution in [0.2, 0.25) is 0 Å². The number of hydrogen-bond acceptors (Lipinski definition) is 4. The van der Waals surface area contributed by atoms with E-state index in [0.717, 1.165) is 25.3 Å². The van der Waals surface area contributed by atoms with E-state index in [9.17, 15) is 0 Å². The zero-order valence-electron chi connectivity index (χ0n) is 12.2. The van der Waals surface area contributed by atoms with E-state index in [1.807, 2.05) is 26.8 Å². The molecule has 0 spiro atoms. The van der Waals surface area contributed by atoms with E-state index in [4.69, 9.17) is 14.9 Å². The number of hydrogen-bond donors (Lipinski definition) is 1. The van der Waals surface area contributed by atoms with Crippen LogP contribution in [0, 0.1) is 6.92 Å². The van der Waals surface area contributed by atoms with Crippen LogP contribution in [0.1, 0.15) is 31.6 Å². The molecular weight excluding hydrogens is 228 g/mol. The van der Waals surface area contributed by atoms with Gasteiger partial charge >= 0.3 is 0 Å². The highest BCUT2D eigenvalue weighted by Gasteiger charge is 2.25. The molecule has 1 aromatic rings. The predicted molar refractivity (Wildman–Crippen MR) is 73.5 cm³/mol. The van der Waals surface area contributed by atoms with Crippen molar-refractivity contribution in [3.63, 3.8) is 0 Å². The number of nitrogens with two attached hydrogens (primary N) is 1. The van der Waals surface area contributed by atoms with Crippen molar-refractivity contribution in [2.75, 3.05) is 20.7 Å². The van der Waals surface area contributed by atoms with Gasteiger partial charge < -0.3 is 19.8 Å². The Labute approximate surface area is 110 Å². The molecule has 0 saturated heterocycles. The van der Waals surface area contributed by atoms with Gasteiger partial charge in [-0.3, -0.25) is 0 Å². The summed E-state index contributed by atoms with van der Waals surface area (Å²) < 4.78 is 10.7. The molecule has 0 aliphatic heterocycles. The fourth-order valence-electron chi connectivity index (χ4n) is 1.80. The van der Waals surface area contributed by atoms with Gasteiger partial charge in [0.1, 0.15) is 5.76 Å². The molecule has 4 nitrogen and oxygen atoms in total. The van der Waals surface area contributed by atoms with Crippen LogP contribution in [-0.4, -0.2) is 37.2 Å². The van der Waals surface area contributed by atoms with Crippen LogP contribution >= 0.6 is 0 Å². The fraction of sp³-hybridized carbons (Fsp3) is 0.714. The SMILES string of the molecule is COC(C)(C)C(N)CCN(C)Cc1ccoc1C. The first-order valence-corrected chi connectivity index (χ1v) is 6.39. The number of ether oxygens (including phenoxy) is 1. The van der Waals surface area contributed by atoms with E-state index in [1.165, 1.54) is 5.56 Å². The lowest BCUT2D eigenvalue weighted by molar-refractivity contribution is -0.00334. The summed E-state index contributed by atoms with van der Waals surface area (Å²) in [5, 5.41) is 0. The second-order valence-corrected chi connectivity index (χ2v) is 5.44. The quantitative estimate of drug-likeness (QED) is 0.810. The van der Waals surface area contributed by atoms with E-state index >= 15 is 0 Å². The molecule has 1 unspecified atom stereocenters. The van der Waals surface area contributed by atoms with E-state index in [2.05, 4.69) is 11.9 Å². The van der Waals surface area contributed by atoms with Crippen molar-refractivity contribution in [2.24, 2.45) is 5.73 Å². The maximum absolute atomic E-state index is 6.14. The van der Waals surface area contributed by atoms with E-state index < -0.39 is 0 Å². The molecule has 0 aliphatic carbocycles. The van der Waals surface area contributed by atoms with Crippen molar-refractivity contribution < 1.29 is 9.15 Å². The van der Waals surface area contributed by atoms with Gasteiger partial charge in [-0.2, -0.15) is 0 Å². The summed E-state index contributed by atoms with van der Waals surface area (Å²) in [5.41, 5.74) is 7.11. The highest BCUT2D eigenvalue weighted by molar-refractivity contribution is 5.14. The molecule has 0 fully saturated rings. The van der Waals surface area contributed by atoms with Crippen molar-refractivity contribution in [1.82, 2.24) is 4.90 Å². The maximum Gasteiger partial charge on any atom is 0.105 e. The molecule has 0 bridgehead atoms. The van der Waals surface area contributed by atoms with Crippen molar-refractivity contribution >= 4 is 0 Å². The van der Waals surface area contributed by atoms with Crippen molar-refractivity contribution in [2.45, 2.75) is 45.4 Å². The van der Waals surface area contributed by atoms with Gasteiger partial charge in [0.25, 0.3) is 0 Å². The number of nitrogens with zero attached hydrogens (tertiary/aromatic N) is 1. The van der Waals surface area contributed by atoms with Gasteiger partial charge in [0.15, 0.2) is 0 Å². The standard InChI is InChI=1S/C14H26N2O2/c1-11-12(7-9-18-11)10-16(4)8-6-13(15)14(2,3)17-5/h7,9,13H,6,8,10,15H2,1-5H3. The summed E-state index contributed by atoms with van der Waals surface area (Å²) in [6.07, 6.45) is 2.65. The molecule has 0 radical (unpaired) electrons. The Kier molecular flexibility index (Phi) is 5.38. The minimum Gasteiger partial charge on any atom is -0.469 e. The van der Waals surface area contributed by atoms with Gasteiger partial charge in [0.05, 0.1) is 11.9 Å². The third kappa shape index (κ3) is 4.12. The fourth-order valence-corrected chi connectivity index (χ4v) is 1.80. The van der Waals surface area contributed by atoms with E-state index in [0.29, 0.717) is 0 Å². The zero-order chi connectivity index (χ0) is 13.8. The lowest BCUT2D eigenvalue weighted by Crippen LogP contribution is -2.46. The summed E-state index contributed by atoms with van der Waals surface area (Å²) in [5.74, 6) is 0.989. The lowest BCUT2D eigenvalue weighted by atomic mass is 9.96. The topological polar surface area (TPSA) is 51.6 Å². The van der Waals surface area contributed by atoms with Gasteiger partial charge in [0.2, 0.25) is 0 Å². The van der Waals surface area contributed by atoms with Crippen LogP contribution < -0.4 is 5.73 Å². The van der Waals surface area contributed by atoms with E-state index in [1.54, 1.807) is 13.4 Å². The highest BCUT2D eigenvalue weighted by Crippen LogP contribution is 2.16.